The van der Waals surface area contributed by atoms with Crippen LogP contribution in [0.5, 0.6) is 0 Å². The highest BCUT2D eigenvalue weighted by molar-refractivity contribution is 5.69. The molecule has 0 bridgehead atoms. The third-order valence-corrected chi connectivity index (χ3v) is 2.01. The summed E-state index contributed by atoms with van der Waals surface area (Å²) in [5.41, 5.74) is 1.46. The second-order valence-electron chi connectivity index (χ2n) is 3.26. The maximum Gasteiger partial charge on any atom is 0.306 e. The van der Waals surface area contributed by atoms with Gasteiger partial charge in [-0.05, 0) is 24.1 Å². The molecule has 1 unspecified atom stereocenters. The summed E-state index contributed by atoms with van der Waals surface area (Å²) in [6.45, 7) is 1.54. The van der Waals surface area contributed by atoms with Gasteiger partial charge in [-0.1, -0.05) is 6.92 Å². The SMILES string of the molecule is CC(Cc1ccnc(CO)c1)C(=O)O. The molecule has 1 aromatic heterocycles. The van der Waals surface area contributed by atoms with Gasteiger partial charge < -0.3 is 10.2 Å². The largest absolute Gasteiger partial charge is 0.481 e. The van der Waals surface area contributed by atoms with Crippen LogP contribution in [0.3, 0.4) is 0 Å². The monoisotopic (exact) mass is 195 g/mol. The van der Waals surface area contributed by atoms with Crippen molar-refractivity contribution in [2.24, 2.45) is 5.92 Å². The van der Waals surface area contributed by atoms with E-state index in [-0.39, 0.29) is 6.61 Å². The molecule has 14 heavy (non-hydrogen) atoms. The minimum absolute atomic E-state index is 0.116. The molecule has 1 heterocycles. The number of aliphatic hydroxyl groups is 1. The molecule has 0 aliphatic carbocycles. The van der Waals surface area contributed by atoms with Crippen LogP contribution in [0.25, 0.3) is 0 Å². The Balaban J connectivity index is 2.71. The summed E-state index contributed by atoms with van der Waals surface area (Å²) in [4.78, 5) is 14.5. The molecule has 1 rings (SSSR count). The molecule has 0 aliphatic rings. The lowest BCUT2D eigenvalue weighted by atomic mass is 10.0. The first-order chi connectivity index (χ1) is 6.63. The van der Waals surface area contributed by atoms with E-state index in [4.69, 9.17) is 10.2 Å². The van der Waals surface area contributed by atoms with Crippen molar-refractivity contribution >= 4 is 5.97 Å². The molecule has 1 atom stereocenters. The lowest BCUT2D eigenvalue weighted by Crippen LogP contribution is -2.12. The van der Waals surface area contributed by atoms with Crippen LogP contribution in [-0.4, -0.2) is 21.2 Å². The fraction of sp³-hybridized carbons (Fsp3) is 0.400. The number of carboxylic acid groups (broad SMARTS) is 1. The number of aliphatic hydroxyl groups excluding tert-OH is 1. The third kappa shape index (κ3) is 2.81. The molecule has 0 radical (unpaired) electrons. The summed E-state index contributed by atoms with van der Waals surface area (Å²) in [6.07, 6.45) is 2.04. The number of hydrogen-bond donors (Lipinski definition) is 2. The Labute approximate surface area is 82.2 Å². The first kappa shape index (κ1) is 10.7. The van der Waals surface area contributed by atoms with E-state index in [2.05, 4.69) is 4.98 Å². The number of hydrogen-bond acceptors (Lipinski definition) is 3. The molecule has 2 N–H and O–H groups in total. The second-order valence-corrected chi connectivity index (χ2v) is 3.26. The van der Waals surface area contributed by atoms with Crippen molar-refractivity contribution < 1.29 is 15.0 Å². The molecule has 0 aromatic carbocycles. The second kappa shape index (κ2) is 4.72. The van der Waals surface area contributed by atoms with Crippen molar-refractivity contribution in [2.45, 2.75) is 20.0 Å². The zero-order valence-corrected chi connectivity index (χ0v) is 7.97. The summed E-state index contributed by atoms with van der Waals surface area (Å²) in [7, 11) is 0. The summed E-state index contributed by atoms with van der Waals surface area (Å²) >= 11 is 0. The molecular weight excluding hydrogens is 182 g/mol. The van der Waals surface area contributed by atoms with Gasteiger partial charge in [0.2, 0.25) is 0 Å². The molecule has 0 spiro atoms. The Hall–Kier alpha value is -1.42. The van der Waals surface area contributed by atoms with Gasteiger partial charge in [-0.3, -0.25) is 9.78 Å². The number of pyridine rings is 1. The Kier molecular flexibility index (Phi) is 3.59. The molecule has 76 valence electrons. The van der Waals surface area contributed by atoms with E-state index in [1.165, 1.54) is 0 Å². The first-order valence-corrected chi connectivity index (χ1v) is 4.41. The van der Waals surface area contributed by atoms with Crippen LogP contribution < -0.4 is 0 Å². The van der Waals surface area contributed by atoms with Gasteiger partial charge in [0.15, 0.2) is 0 Å². The number of aromatic nitrogens is 1. The summed E-state index contributed by atoms with van der Waals surface area (Å²) in [5.74, 6) is -1.23. The van der Waals surface area contributed by atoms with Gasteiger partial charge in [0, 0.05) is 6.20 Å². The Morgan fingerprint density at radius 3 is 2.93 bits per heavy atom. The molecule has 0 amide bonds. The van der Waals surface area contributed by atoms with Crippen LogP contribution in [0.1, 0.15) is 18.2 Å². The Bertz CT molecular complexity index is 325. The van der Waals surface area contributed by atoms with Crippen molar-refractivity contribution in [2.75, 3.05) is 0 Å². The lowest BCUT2D eigenvalue weighted by Gasteiger charge is -2.06. The van der Waals surface area contributed by atoms with Crippen LogP contribution in [0, 0.1) is 5.92 Å². The van der Waals surface area contributed by atoms with Gasteiger partial charge in [0.25, 0.3) is 0 Å². The highest BCUT2D eigenvalue weighted by Crippen LogP contribution is 2.09. The standard InChI is InChI=1S/C10H13NO3/c1-7(10(13)14)4-8-2-3-11-9(5-8)6-12/h2-3,5,7,12H,4,6H2,1H3,(H,13,14). The average Bonchev–Trinajstić information content (AvgIpc) is 2.18. The predicted molar refractivity (Wildman–Crippen MR) is 50.7 cm³/mol. The van der Waals surface area contributed by atoms with Gasteiger partial charge in [-0.2, -0.15) is 0 Å². The smallest absolute Gasteiger partial charge is 0.306 e. The van der Waals surface area contributed by atoms with Crippen LogP contribution in [0.15, 0.2) is 18.3 Å². The van der Waals surface area contributed by atoms with Crippen LogP contribution in [-0.2, 0) is 17.8 Å². The third-order valence-electron chi connectivity index (χ3n) is 2.01. The molecular formula is C10H13NO3. The van der Waals surface area contributed by atoms with Crippen LogP contribution >= 0.6 is 0 Å². The number of aliphatic carboxylic acids is 1. The minimum atomic E-state index is -0.813. The normalized spacial score (nSPS) is 12.4. The highest BCUT2D eigenvalue weighted by Gasteiger charge is 2.11. The van der Waals surface area contributed by atoms with Gasteiger partial charge in [-0.15, -0.1) is 0 Å². The Morgan fingerprint density at radius 1 is 1.64 bits per heavy atom. The van der Waals surface area contributed by atoms with E-state index in [1.807, 2.05) is 0 Å². The predicted octanol–water partition coefficient (Wildman–Crippen LogP) is 0.837. The summed E-state index contributed by atoms with van der Waals surface area (Å²) < 4.78 is 0. The molecule has 0 saturated carbocycles. The van der Waals surface area contributed by atoms with Crippen molar-refractivity contribution in [1.29, 1.82) is 0 Å². The number of carboxylic acids is 1. The highest BCUT2D eigenvalue weighted by atomic mass is 16.4. The van der Waals surface area contributed by atoms with E-state index in [9.17, 15) is 4.79 Å². The number of rotatable bonds is 4. The molecule has 1 aromatic rings. The topological polar surface area (TPSA) is 70.4 Å². The van der Waals surface area contributed by atoms with E-state index in [0.29, 0.717) is 12.1 Å². The maximum atomic E-state index is 10.6. The van der Waals surface area contributed by atoms with E-state index < -0.39 is 11.9 Å². The zero-order chi connectivity index (χ0) is 10.6. The van der Waals surface area contributed by atoms with Gasteiger partial charge in [0.1, 0.15) is 0 Å². The van der Waals surface area contributed by atoms with Crippen LogP contribution in [0.2, 0.25) is 0 Å². The fourth-order valence-corrected chi connectivity index (χ4v) is 1.18. The van der Waals surface area contributed by atoms with Crippen LogP contribution in [0.4, 0.5) is 0 Å². The van der Waals surface area contributed by atoms with Gasteiger partial charge in [0.05, 0.1) is 18.2 Å². The van der Waals surface area contributed by atoms with Crippen molar-refractivity contribution in [3.05, 3.63) is 29.6 Å². The molecule has 4 heteroatoms. The Morgan fingerprint density at radius 2 is 2.36 bits per heavy atom. The van der Waals surface area contributed by atoms with Gasteiger partial charge in [-0.25, -0.2) is 0 Å². The first-order valence-electron chi connectivity index (χ1n) is 4.41. The molecule has 0 fully saturated rings. The quantitative estimate of drug-likeness (QED) is 0.746. The molecule has 0 aliphatic heterocycles. The lowest BCUT2D eigenvalue weighted by molar-refractivity contribution is -0.141. The van der Waals surface area contributed by atoms with E-state index >= 15 is 0 Å². The summed E-state index contributed by atoms with van der Waals surface area (Å²) in [6, 6.07) is 3.48. The van der Waals surface area contributed by atoms with Crippen molar-refractivity contribution in [1.82, 2.24) is 4.98 Å². The number of carbonyl (C=O) groups is 1. The summed E-state index contributed by atoms with van der Waals surface area (Å²) in [5, 5.41) is 17.5. The number of nitrogens with zero attached hydrogens (tertiary/aromatic N) is 1. The van der Waals surface area contributed by atoms with Crippen molar-refractivity contribution in [3.8, 4) is 0 Å². The van der Waals surface area contributed by atoms with Crippen molar-refractivity contribution in [3.63, 3.8) is 0 Å². The minimum Gasteiger partial charge on any atom is -0.481 e. The molecule has 0 saturated heterocycles. The van der Waals surface area contributed by atoms with E-state index in [1.54, 1.807) is 25.3 Å². The maximum absolute atomic E-state index is 10.6. The molecule has 4 nitrogen and oxygen atoms in total. The zero-order valence-electron chi connectivity index (χ0n) is 7.97. The van der Waals surface area contributed by atoms with Gasteiger partial charge >= 0.3 is 5.97 Å². The fourth-order valence-electron chi connectivity index (χ4n) is 1.18. The average molecular weight is 195 g/mol. The van der Waals surface area contributed by atoms with E-state index in [0.717, 1.165) is 5.56 Å².